The van der Waals surface area contributed by atoms with Crippen molar-refractivity contribution in [2.75, 3.05) is 24.2 Å². The Morgan fingerprint density at radius 2 is 1.93 bits per heavy atom. The fraction of sp³-hybridized carbons (Fsp3) is 0.400. The molecule has 0 saturated carbocycles. The molecule has 1 aromatic carbocycles. The first-order chi connectivity index (χ1) is 14.5. The quantitative estimate of drug-likeness (QED) is 0.543. The Hall–Kier alpha value is -2.62. The van der Waals surface area contributed by atoms with Gasteiger partial charge in [-0.1, -0.05) is 0 Å². The highest BCUT2D eigenvalue weighted by Gasteiger charge is 2.40. The van der Waals surface area contributed by atoms with Crippen molar-refractivity contribution >= 4 is 29.7 Å². The van der Waals surface area contributed by atoms with Crippen LogP contribution in [0.3, 0.4) is 0 Å². The molecule has 6 nitrogen and oxygen atoms in total. The largest absolute Gasteiger partial charge is 0.354 e. The summed E-state index contributed by atoms with van der Waals surface area (Å²) in [4.78, 5) is 23.2. The minimum Gasteiger partial charge on any atom is -0.354 e. The molecule has 30 heavy (non-hydrogen) atoms. The lowest BCUT2D eigenvalue weighted by atomic mass is 9.92. The lowest BCUT2D eigenvalue weighted by molar-refractivity contribution is -0.140. The van der Waals surface area contributed by atoms with Gasteiger partial charge in [0.15, 0.2) is 0 Å². The molecule has 0 spiro atoms. The summed E-state index contributed by atoms with van der Waals surface area (Å²) in [5.41, 5.74) is 0.303. The molecule has 0 aliphatic carbocycles. The summed E-state index contributed by atoms with van der Waals surface area (Å²) in [6.45, 7) is 0.483. The van der Waals surface area contributed by atoms with Gasteiger partial charge in [0, 0.05) is 31.3 Å². The van der Waals surface area contributed by atoms with E-state index >= 15 is 4.39 Å². The number of carbonyl (C=O) groups excluding carboxylic acids is 1. The molecule has 0 bridgehead atoms. The van der Waals surface area contributed by atoms with Crippen molar-refractivity contribution in [3.8, 4) is 0 Å². The highest BCUT2D eigenvalue weighted by Crippen LogP contribution is 2.34. The minimum atomic E-state index is -1.42. The first kappa shape index (κ1) is 20.6. The van der Waals surface area contributed by atoms with Crippen molar-refractivity contribution in [1.29, 1.82) is 0 Å². The number of nitrogens with zero attached hydrogens (tertiary/aromatic N) is 5. The molecule has 4 rings (SSSR count). The highest BCUT2D eigenvalue weighted by molar-refractivity contribution is 7.98. The SMILES string of the molecule is CSc1cc(N2CCC(C(=O)N3N=CCC3c3cc(F)cc(F)c3)C(F)C2)ncn1. The Morgan fingerprint density at radius 1 is 1.17 bits per heavy atom. The van der Waals surface area contributed by atoms with Gasteiger partial charge in [-0.15, -0.1) is 11.8 Å². The summed E-state index contributed by atoms with van der Waals surface area (Å²) in [5.74, 6) is -2.18. The van der Waals surface area contributed by atoms with Crippen LogP contribution in [0, 0.1) is 17.6 Å². The van der Waals surface area contributed by atoms with Gasteiger partial charge in [0.05, 0.1) is 18.5 Å². The van der Waals surface area contributed by atoms with E-state index in [9.17, 15) is 13.6 Å². The van der Waals surface area contributed by atoms with E-state index in [4.69, 9.17) is 0 Å². The van der Waals surface area contributed by atoms with Crippen molar-refractivity contribution in [3.05, 3.63) is 47.8 Å². The van der Waals surface area contributed by atoms with E-state index in [1.54, 1.807) is 11.0 Å². The van der Waals surface area contributed by atoms with Crippen LogP contribution >= 0.6 is 11.8 Å². The molecule has 0 N–H and O–H groups in total. The van der Waals surface area contributed by atoms with Gasteiger partial charge in [-0.3, -0.25) is 4.79 Å². The second-order valence-corrected chi connectivity index (χ2v) is 8.04. The average Bonchev–Trinajstić information content (AvgIpc) is 3.22. The maximum absolute atomic E-state index is 15.0. The van der Waals surface area contributed by atoms with Crippen LogP contribution in [0.25, 0.3) is 0 Å². The summed E-state index contributed by atoms with van der Waals surface area (Å²) in [6, 6.07) is 4.28. The zero-order valence-electron chi connectivity index (χ0n) is 16.2. The maximum Gasteiger partial charge on any atom is 0.249 e. The number of amides is 1. The Labute approximate surface area is 176 Å². The Morgan fingerprint density at radius 3 is 2.63 bits per heavy atom. The molecule has 1 saturated heterocycles. The van der Waals surface area contributed by atoms with E-state index in [-0.39, 0.29) is 13.0 Å². The van der Waals surface area contributed by atoms with Crippen LogP contribution in [0.2, 0.25) is 0 Å². The Bertz CT molecular complexity index is 955. The fourth-order valence-electron chi connectivity index (χ4n) is 3.85. The molecule has 2 aliphatic heterocycles. The molecule has 3 heterocycles. The first-order valence-electron chi connectivity index (χ1n) is 9.53. The number of benzene rings is 1. The number of piperidine rings is 1. The zero-order valence-corrected chi connectivity index (χ0v) is 17.0. The fourth-order valence-corrected chi connectivity index (χ4v) is 4.22. The first-order valence-corrected chi connectivity index (χ1v) is 10.8. The van der Waals surface area contributed by atoms with Crippen LogP contribution in [0.5, 0.6) is 0 Å². The van der Waals surface area contributed by atoms with Crippen LogP contribution in [0.1, 0.15) is 24.4 Å². The molecule has 3 unspecified atom stereocenters. The van der Waals surface area contributed by atoms with Gasteiger partial charge in [0.2, 0.25) is 5.91 Å². The molecule has 3 atom stereocenters. The second-order valence-electron chi connectivity index (χ2n) is 7.21. The molecule has 10 heteroatoms. The molecule has 1 amide bonds. The lowest BCUT2D eigenvalue weighted by Gasteiger charge is -2.36. The molecular formula is C20H20F3N5OS. The number of carbonyl (C=O) groups is 1. The number of aromatic nitrogens is 2. The number of halogens is 3. The van der Waals surface area contributed by atoms with Gasteiger partial charge in [0.25, 0.3) is 0 Å². The monoisotopic (exact) mass is 435 g/mol. The number of alkyl halides is 1. The maximum atomic E-state index is 15.0. The number of rotatable bonds is 4. The van der Waals surface area contributed by atoms with Crippen molar-refractivity contribution in [2.45, 2.75) is 30.1 Å². The summed E-state index contributed by atoms with van der Waals surface area (Å²) in [5, 5.41) is 6.02. The van der Waals surface area contributed by atoms with Crippen molar-refractivity contribution in [2.24, 2.45) is 11.0 Å². The molecule has 1 aromatic heterocycles. The van der Waals surface area contributed by atoms with Gasteiger partial charge in [-0.05, 0) is 30.4 Å². The van der Waals surface area contributed by atoms with E-state index in [0.717, 1.165) is 16.1 Å². The van der Waals surface area contributed by atoms with E-state index in [2.05, 4.69) is 15.1 Å². The summed E-state index contributed by atoms with van der Waals surface area (Å²) in [7, 11) is 0. The van der Waals surface area contributed by atoms with E-state index in [0.29, 0.717) is 24.3 Å². The molecular weight excluding hydrogens is 415 g/mol. The predicted octanol–water partition coefficient (Wildman–Crippen LogP) is 3.60. The van der Waals surface area contributed by atoms with E-state index in [1.807, 2.05) is 6.26 Å². The Kier molecular flexibility index (Phi) is 5.94. The van der Waals surface area contributed by atoms with Crippen LogP contribution in [0.4, 0.5) is 19.0 Å². The van der Waals surface area contributed by atoms with Crippen LogP contribution in [-0.4, -0.2) is 52.6 Å². The average molecular weight is 435 g/mol. The zero-order chi connectivity index (χ0) is 21.3. The smallest absolute Gasteiger partial charge is 0.249 e. The van der Waals surface area contributed by atoms with Gasteiger partial charge in [-0.2, -0.15) is 5.10 Å². The molecule has 158 valence electrons. The summed E-state index contributed by atoms with van der Waals surface area (Å²) >= 11 is 1.47. The van der Waals surface area contributed by atoms with Crippen molar-refractivity contribution in [3.63, 3.8) is 0 Å². The minimum absolute atomic E-state index is 0.0258. The Balaban J connectivity index is 1.47. The third-order valence-corrected chi connectivity index (χ3v) is 5.99. The molecule has 1 fully saturated rings. The molecule has 0 radical (unpaired) electrons. The highest BCUT2D eigenvalue weighted by atomic mass is 32.2. The normalized spacial score (nSPS) is 23.8. The number of thioether (sulfide) groups is 1. The summed E-state index contributed by atoms with van der Waals surface area (Å²) in [6.07, 6.45) is 4.04. The topological polar surface area (TPSA) is 61.7 Å². The second kappa shape index (κ2) is 8.63. The predicted molar refractivity (Wildman–Crippen MR) is 108 cm³/mol. The van der Waals surface area contributed by atoms with E-state index in [1.165, 1.54) is 36.4 Å². The van der Waals surface area contributed by atoms with Crippen LogP contribution in [0.15, 0.2) is 40.7 Å². The van der Waals surface area contributed by atoms with Gasteiger partial charge in [0.1, 0.15) is 35.0 Å². The molecule has 2 aliphatic rings. The van der Waals surface area contributed by atoms with Crippen LogP contribution in [-0.2, 0) is 4.79 Å². The van der Waals surface area contributed by atoms with Gasteiger partial charge < -0.3 is 4.90 Å². The standard InChI is InChI=1S/C20H20F3N5OS/c1-30-19-9-18(24-11-25-19)27-5-3-15(16(23)10-27)20(29)28-17(2-4-26-28)12-6-13(21)8-14(22)7-12/h4,6-9,11,15-17H,2-3,5,10H2,1H3. The summed E-state index contributed by atoms with van der Waals surface area (Å²) < 4.78 is 42.3. The molecule has 2 aromatic rings. The third kappa shape index (κ3) is 4.14. The van der Waals surface area contributed by atoms with Gasteiger partial charge >= 0.3 is 0 Å². The lowest BCUT2D eigenvalue weighted by Crippen LogP contribution is -2.48. The number of hydrazone groups is 1. The van der Waals surface area contributed by atoms with Crippen molar-refractivity contribution in [1.82, 2.24) is 15.0 Å². The van der Waals surface area contributed by atoms with Gasteiger partial charge in [-0.25, -0.2) is 28.1 Å². The number of hydrogen-bond donors (Lipinski definition) is 0. The van der Waals surface area contributed by atoms with Crippen LogP contribution < -0.4 is 4.90 Å². The van der Waals surface area contributed by atoms with Crippen molar-refractivity contribution < 1.29 is 18.0 Å². The van der Waals surface area contributed by atoms with E-state index < -0.39 is 35.7 Å². The number of hydrogen-bond acceptors (Lipinski definition) is 6. The third-order valence-electron chi connectivity index (χ3n) is 5.34. The number of anilines is 1.